The third-order valence-electron chi connectivity index (χ3n) is 4.52. The summed E-state index contributed by atoms with van der Waals surface area (Å²) in [5, 5.41) is 0.789. The van der Waals surface area contributed by atoms with E-state index < -0.39 is 0 Å². The molecule has 3 atom stereocenters. The van der Waals surface area contributed by atoms with E-state index in [1.807, 2.05) is 12.1 Å². The lowest BCUT2D eigenvalue weighted by Gasteiger charge is -2.39. The second kappa shape index (κ2) is 3.26. The predicted molar refractivity (Wildman–Crippen MR) is 69.9 cm³/mol. The molecule has 0 N–H and O–H groups in total. The smallest absolute Gasteiger partial charge is 0.109 e. The van der Waals surface area contributed by atoms with Crippen LogP contribution in [0, 0.1) is 5.92 Å². The Morgan fingerprint density at radius 2 is 2.24 bits per heavy atom. The summed E-state index contributed by atoms with van der Waals surface area (Å²) in [6.07, 6.45) is 3.98. The van der Waals surface area contributed by atoms with Gasteiger partial charge in [0.1, 0.15) is 5.84 Å². The van der Waals surface area contributed by atoms with Crippen molar-refractivity contribution in [3.63, 3.8) is 0 Å². The molecule has 0 spiro atoms. The topological polar surface area (TPSA) is 15.6 Å². The van der Waals surface area contributed by atoms with Gasteiger partial charge in [-0.1, -0.05) is 17.7 Å². The molecule has 2 bridgehead atoms. The van der Waals surface area contributed by atoms with Gasteiger partial charge in [0.05, 0.1) is 11.7 Å². The molecule has 4 rings (SSSR count). The maximum Gasteiger partial charge on any atom is 0.109 e. The number of nitrogens with zero attached hydrogens (tertiary/aromatic N) is 2. The van der Waals surface area contributed by atoms with E-state index in [2.05, 4.69) is 17.9 Å². The molecular weight excluding hydrogens is 232 g/mol. The van der Waals surface area contributed by atoms with Gasteiger partial charge in [-0.05, 0) is 38.3 Å². The van der Waals surface area contributed by atoms with E-state index in [1.165, 1.54) is 30.7 Å². The Kier molecular flexibility index (Phi) is 1.91. The molecule has 1 aliphatic carbocycles. The molecule has 0 radical (unpaired) electrons. The first-order valence-corrected chi connectivity index (χ1v) is 6.78. The molecule has 2 aliphatic heterocycles. The first-order chi connectivity index (χ1) is 8.24. The van der Waals surface area contributed by atoms with Crippen molar-refractivity contribution in [3.05, 3.63) is 28.8 Å². The number of aliphatic imine (C=N–C) groups is 1. The van der Waals surface area contributed by atoms with Crippen molar-refractivity contribution in [3.8, 4) is 0 Å². The van der Waals surface area contributed by atoms with Gasteiger partial charge in [0.15, 0.2) is 0 Å². The highest BCUT2D eigenvalue weighted by atomic mass is 35.5. The Morgan fingerprint density at radius 1 is 1.35 bits per heavy atom. The largest absolute Gasteiger partial charge is 0.350 e. The van der Waals surface area contributed by atoms with Gasteiger partial charge >= 0.3 is 0 Å². The number of piperidine rings is 1. The van der Waals surface area contributed by atoms with Gasteiger partial charge in [-0.2, -0.15) is 0 Å². The summed E-state index contributed by atoms with van der Waals surface area (Å²) in [5.41, 5.74) is 2.41. The van der Waals surface area contributed by atoms with E-state index in [0.717, 1.165) is 16.8 Å². The van der Waals surface area contributed by atoms with E-state index >= 15 is 0 Å². The highest BCUT2D eigenvalue weighted by molar-refractivity contribution is 6.30. The van der Waals surface area contributed by atoms with E-state index in [0.29, 0.717) is 12.0 Å². The van der Waals surface area contributed by atoms with Crippen LogP contribution in [0.5, 0.6) is 0 Å². The Bertz CT molecular complexity index is 523. The zero-order valence-corrected chi connectivity index (χ0v) is 10.6. The monoisotopic (exact) mass is 246 g/mol. The fraction of sp³-hybridized carbons (Fsp3) is 0.500. The highest BCUT2D eigenvalue weighted by Gasteiger charge is 2.46. The van der Waals surface area contributed by atoms with Crippen LogP contribution in [-0.4, -0.2) is 16.8 Å². The molecule has 2 heterocycles. The average molecular weight is 247 g/mol. The molecule has 0 amide bonds. The minimum Gasteiger partial charge on any atom is -0.350 e. The number of rotatable bonds is 0. The van der Waals surface area contributed by atoms with Gasteiger partial charge in [0.25, 0.3) is 0 Å². The standard InChI is InChI=1S/C14H15ClN2/c1-8-12-5-3-10(15)7-13(12)16-14-9-2-4-11(6-9)17(8)14/h3,5,7-9,11H,2,4,6H2,1H3. The van der Waals surface area contributed by atoms with Crippen molar-refractivity contribution in [2.45, 2.75) is 38.3 Å². The molecule has 88 valence electrons. The van der Waals surface area contributed by atoms with Gasteiger partial charge in [-0.25, -0.2) is 4.99 Å². The van der Waals surface area contributed by atoms with E-state index in [-0.39, 0.29) is 0 Å². The van der Waals surface area contributed by atoms with Crippen LogP contribution < -0.4 is 0 Å². The van der Waals surface area contributed by atoms with Gasteiger partial charge in [0.2, 0.25) is 0 Å². The molecule has 1 aromatic rings. The normalized spacial score (nSPS) is 33.4. The van der Waals surface area contributed by atoms with E-state index in [1.54, 1.807) is 0 Å². The van der Waals surface area contributed by atoms with Gasteiger partial charge < -0.3 is 4.90 Å². The Balaban J connectivity index is 1.89. The van der Waals surface area contributed by atoms with Crippen LogP contribution >= 0.6 is 11.6 Å². The molecule has 2 fully saturated rings. The van der Waals surface area contributed by atoms with Crippen LogP contribution in [0.25, 0.3) is 0 Å². The van der Waals surface area contributed by atoms with Gasteiger partial charge in [-0.15, -0.1) is 0 Å². The molecule has 2 nitrogen and oxygen atoms in total. The summed E-state index contributed by atoms with van der Waals surface area (Å²) in [4.78, 5) is 7.41. The molecule has 1 saturated carbocycles. The number of hydrogen-bond acceptors (Lipinski definition) is 2. The van der Waals surface area contributed by atoms with Gasteiger partial charge in [0, 0.05) is 22.5 Å². The van der Waals surface area contributed by atoms with Crippen LogP contribution in [0.1, 0.15) is 37.8 Å². The highest BCUT2D eigenvalue weighted by Crippen LogP contribution is 2.48. The van der Waals surface area contributed by atoms with Crippen LogP contribution in [-0.2, 0) is 0 Å². The van der Waals surface area contributed by atoms with Crippen LogP contribution in [0.2, 0.25) is 5.02 Å². The summed E-state index contributed by atoms with van der Waals surface area (Å²) in [6.45, 7) is 2.29. The van der Waals surface area contributed by atoms with Crippen molar-refractivity contribution in [1.82, 2.24) is 4.90 Å². The number of benzene rings is 1. The Morgan fingerprint density at radius 3 is 3.12 bits per heavy atom. The zero-order chi connectivity index (χ0) is 11.6. The molecule has 3 unspecified atom stereocenters. The number of hydrogen-bond donors (Lipinski definition) is 0. The SMILES string of the molecule is CC1c2ccc(Cl)cc2N=C2C3CCC(C3)N21. The predicted octanol–water partition coefficient (Wildman–Crippen LogP) is 3.93. The lowest BCUT2D eigenvalue weighted by atomic mass is 9.98. The summed E-state index contributed by atoms with van der Waals surface area (Å²) in [6, 6.07) is 7.31. The summed E-state index contributed by atoms with van der Waals surface area (Å²) in [5.74, 6) is 2.03. The molecular formula is C14H15ClN2. The maximum atomic E-state index is 6.06. The molecule has 1 aromatic carbocycles. The fourth-order valence-electron chi connectivity index (χ4n) is 3.75. The molecule has 17 heavy (non-hydrogen) atoms. The van der Waals surface area contributed by atoms with Crippen molar-refractivity contribution >= 4 is 23.1 Å². The minimum atomic E-state index is 0.463. The third kappa shape index (κ3) is 1.25. The molecule has 0 aromatic heterocycles. The first-order valence-electron chi connectivity index (χ1n) is 6.40. The second-order valence-electron chi connectivity index (χ2n) is 5.42. The lowest BCUT2D eigenvalue weighted by molar-refractivity contribution is 0.260. The van der Waals surface area contributed by atoms with Crippen LogP contribution in [0.15, 0.2) is 23.2 Å². The fourth-order valence-corrected chi connectivity index (χ4v) is 3.91. The maximum absolute atomic E-state index is 6.06. The van der Waals surface area contributed by atoms with Crippen molar-refractivity contribution in [2.75, 3.05) is 0 Å². The number of amidine groups is 1. The molecule has 1 saturated heterocycles. The van der Waals surface area contributed by atoms with Crippen molar-refractivity contribution < 1.29 is 0 Å². The second-order valence-corrected chi connectivity index (χ2v) is 5.86. The first kappa shape index (κ1) is 9.95. The number of fused-ring (bicyclic) bond motifs is 6. The zero-order valence-electron chi connectivity index (χ0n) is 9.86. The van der Waals surface area contributed by atoms with Crippen molar-refractivity contribution in [1.29, 1.82) is 0 Å². The Labute approximate surface area is 106 Å². The summed E-state index contributed by atoms with van der Waals surface area (Å²) >= 11 is 6.06. The van der Waals surface area contributed by atoms with E-state index in [9.17, 15) is 0 Å². The van der Waals surface area contributed by atoms with Gasteiger partial charge in [-0.3, -0.25) is 0 Å². The third-order valence-corrected chi connectivity index (χ3v) is 4.76. The van der Waals surface area contributed by atoms with E-state index in [4.69, 9.17) is 16.6 Å². The van der Waals surface area contributed by atoms with Crippen molar-refractivity contribution in [2.24, 2.45) is 10.9 Å². The quantitative estimate of drug-likeness (QED) is 0.677. The lowest BCUT2D eigenvalue weighted by Crippen LogP contribution is -2.40. The van der Waals surface area contributed by atoms with Crippen LogP contribution in [0.3, 0.4) is 0 Å². The van der Waals surface area contributed by atoms with Crippen LogP contribution in [0.4, 0.5) is 5.69 Å². The molecule has 3 aliphatic rings. The summed E-state index contributed by atoms with van der Waals surface area (Å²) < 4.78 is 0. The Hall–Kier alpha value is -1.02. The minimum absolute atomic E-state index is 0.463. The molecule has 3 heteroatoms. The number of halogens is 1. The average Bonchev–Trinajstić information content (AvgIpc) is 2.89. The summed E-state index contributed by atoms with van der Waals surface area (Å²) in [7, 11) is 0.